The second-order valence-corrected chi connectivity index (χ2v) is 5.01. The predicted octanol–water partition coefficient (Wildman–Crippen LogP) is 1.07. The van der Waals surface area contributed by atoms with Crippen molar-refractivity contribution in [2.24, 2.45) is 0 Å². The number of unbranched alkanes of at least 4 members (excludes halogenated alkanes) is 1. The number of aryl methyl sites for hydroxylation is 1. The van der Waals surface area contributed by atoms with E-state index in [2.05, 4.69) is 25.4 Å². The molecule has 0 fully saturated rings. The third-order valence-corrected chi connectivity index (χ3v) is 3.35. The summed E-state index contributed by atoms with van der Waals surface area (Å²) in [4.78, 5) is 24.2. The zero-order chi connectivity index (χ0) is 15.9. The van der Waals surface area contributed by atoms with E-state index in [-0.39, 0.29) is 5.91 Å². The Labute approximate surface area is 133 Å². The molecule has 118 valence electrons. The molecule has 3 aromatic rings. The van der Waals surface area contributed by atoms with Crippen LogP contribution in [0.3, 0.4) is 0 Å². The van der Waals surface area contributed by atoms with E-state index in [0.717, 1.165) is 19.4 Å². The SMILES string of the molecule is O=C(NCCCCn1ccnc1)c1ccnc(-n2cncn2)c1. The maximum atomic E-state index is 12.2. The van der Waals surface area contributed by atoms with Gasteiger partial charge in [0.2, 0.25) is 0 Å². The maximum Gasteiger partial charge on any atom is 0.251 e. The first-order valence-corrected chi connectivity index (χ1v) is 7.38. The van der Waals surface area contributed by atoms with Crippen molar-refractivity contribution in [1.29, 1.82) is 0 Å². The van der Waals surface area contributed by atoms with Crippen LogP contribution >= 0.6 is 0 Å². The number of nitrogens with one attached hydrogen (secondary N) is 1. The molecule has 0 aliphatic rings. The van der Waals surface area contributed by atoms with E-state index < -0.39 is 0 Å². The van der Waals surface area contributed by atoms with Crippen LogP contribution in [0.25, 0.3) is 5.82 Å². The van der Waals surface area contributed by atoms with Crippen LogP contribution in [-0.4, -0.2) is 41.8 Å². The lowest BCUT2D eigenvalue weighted by Crippen LogP contribution is -2.24. The Morgan fingerprint density at radius 2 is 2.13 bits per heavy atom. The molecule has 0 aromatic carbocycles. The van der Waals surface area contributed by atoms with E-state index in [1.165, 1.54) is 11.0 Å². The molecule has 3 aromatic heterocycles. The molecule has 3 heterocycles. The smallest absolute Gasteiger partial charge is 0.251 e. The first-order valence-electron chi connectivity index (χ1n) is 7.38. The molecule has 1 amide bonds. The molecule has 0 saturated heterocycles. The third kappa shape index (κ3) is 4.00. The van der Waals surface area contributed by atoms with E-state index in [0.29, 0.717) is 17.9 Å². The summed E-state index contributed by atoms with van der Waals surface area (Å²) < 4.78 is 3.54. The first kappa shape index (κ1) is 14.9. The normalized spacial score (nSPS) is 10.6. The average molecular weight is 311 g/mol. The number of carbonyl (C=O) groups excluding carboxylic acids is 1. The van der Waals surface area contributed by atoms with Gasteiger partial charge in [0.25, 0.3) is 5.91 Å². The molecular weight excluding hydrogens is 294 g/mol. The molecule has 0 saturated carbocycles. The van der Waals surface area contributed by atoms with Crippen molar-refractivity contribution >= 4 is 5.91 Å². The number of nitrogens with zero attached hydrogens (tertiary/aromatic N) is 6. The number of hydrogen-bond donors (Lipinski definition) is 1. The van der Waals surface area contributed by atoms with E-state index in [9.17, 15) is 4.79 Å². The summed E-state index contributed by atoms with van der Waals surface area (Å²) in [6.07, 6.45) is 11.9. The Kier molecular flexibility index (Phi) is 4.72. The van der Waals surface area contributed by atoms with Crippen LogP contribution in [0, 0.1) is 0 Å². The first-order chi connectivity index (χ1) is 11.3. The largest absolute Gasteiger partial charge is 0.352 e. The fourth-order valence-corrected chi connectivity index (χ4v) is 2.15. The van der Waals surface area contributed by atoms with Gasteiger partial charge in [0.1, 0.15) is 12.7 Å². The van der Waals surface area contributed by atoms with Crippen molar-refractivity contribution in [3.05, 3.63) is 55.3 Å². The lowest BCUT2D eigenvalue weighted by atomic mass is 10.2. The minimum Gasteiger partial charge on any atom is -0.352 e. The lowest BCUT2D eigenvalue weighted by molar-refractivity contribution is 0.0952. The van der Waals surface area contributed by atoms with Crippen molar-refractivity contribution in [3.63, 3.8) is 0 Å². The summed E-state index contributed by atoms with van der Waals surface area (Å²) in [5.41, 5.74) is 0.556. The van der Waals surface area contributed by atoms with E-state index in [1.54, 1.807) is 37.2 Å². The Hall–Kier alpha value is -3.03. The molecule has 0 aliphatic heterocycles. The van der Waals surface area contributed by atoms with Crippen LogP contribution < -0.4 is 5.32 Å². The number of pyridine rings is 1. The van der Waals surface area contributed by atoms with Gasteiger partial charge in [-0.2, -0.15) is 5.10 Å². The fraction of sp³-hybridized carbons (Fsp3) is 0.267. The minimum atomic E-state index is -0.114. The van der Waals surface area contributed by atoms with Gasteiger partial charge in [0, 0.05) is 37.2 Å². The Morgan fingerprint density at radius 1 is 1.17 bits per heavy atom. The maximum absolute atomic E-state index is 12.2. The lowest BCUT2D eigenvalue weighted by Gasteiger charge is -2.07. The van der Waals surface area contributed by atoms with Crippen LogP contribution in [0.4, 0.5) is 0 Å². The number of rotatable bonds is 7. The Balaban J connectivity index is 1.47. The van der Waals surface area contributed by atoms with Gasteiger partial charge >= 0.3 is 0 Å². The van der Waals surface area contributed by atoms with Gasteiger partial charge in [0.05, 0.1) is 6.33 Å². The highest BCUT2D eigenvalue weighted by Gasteiger charge is 2.07. The molecular formula is C15H17N7O. The average Bonchev–Trinajstić information content (AvgIpc) is 3.28. The van der Waals surface area contributed by atoms with Gasteiger partial charge in [-0.3, -0.25) is 4.79 Å². The highest BCUT2D eigenvalue weighted by Crippen LogP contribution is 2.05. The van der Waals surface area contributed by atoms with Crippen molar-refractivity contribution in [2.75, 3.05) is 6.54 Å². The van der Waals surface area contributed by atoms with Crippen molar-refractivity contribution in [1.82, 2.24) is 34.6 Å². The number of imidazole rings is 1. The molecule has 1 N–H and O–H groups in total. The Morgan fingerprint density at radius 3 is 2.91 bits per heavy atom. The van der Waals surface area contributed by atoms with E-state index in [4.69, 9.17) is 0 Å². The minimum absolute atomic E-state index is 0.114. The van der Waals surface area contributed by atoms with Gasteiger partial charge in [-0.15, -0.1) is 0 Å². The highest BCUT2D eigenvalue weighted by atomic mass is 16.1. The zero-order valence-corrected chi connectivity index (χ0v) is 12.5. The van der Waals surface area contributed by atoms with Crippen LogP contribution in [0.1, 0.15) is 23.2 Å². The number of hydrogen-bond acceptors (Lipinski definition) is 5. The zero-order valence-electron chi connectivity index (χ0n) is 12.5. The van der Waals surface area contributed by atoms with Gasteiger partial charge in [-0.25, -0.2) is 19.6 Å². The van der Waals surface area contributed by atoms with Gasteiger partial charge in [-0.05, 0) is 25.0 Å². The van der Waals surface area contributed by atoms with Crippen LogP contribution in [0.15, 0.2) is 49.7 Å². The van der Waals surface area contributed by atoms with Gasteiger partial charge < -0.3 is 9.88 Å². The molecule has 0 spiro atoms. The molecule has 0 unspecified atom stereocenters. The molecule has 3 rings (SSSR count). The fourth-order valence-electron chi connectivity index (χ4n) is 2.15. The van der Waals surface area contributed by atoms with Crippen molar-refractivity contribution < 1.29 is 4.79 Å². The van der Waals surface area contributed by atoms with Crippen LogP contribution in [-0.2, 0) is 6.54 Å². The monoisotopic (exact) mass is 311 g/mol. The molecule has 0 radical (unpaired) electrons. The molecule has 8 heteroatoms. The second-order valence-electron chi connectivity index (χ2n) is 5.01. The quantitative estimate of drug-likeness (QED) is 0.659. The Bertz CT molecular complexity index is 737. The van der Waals surface area contributed by atoms with E-state index >= 15 is 0 Å². The summed E-state index contributed by atoms with van der Waals surface area (Å²) in [6, 6.07) is 3.37. The standard InChI is InChI=1S/C15H17N7O/c23-15(19-4-1-2-7-21-8-6-16-11-21)13-3-5-18-14(9-13)22-12-17-10-20-22/h3,5-6,8-12H,1-2,4,7H2,(H,19,23). The highest BCUT2D eigenvalue weighted by molar-refractivity contribution is 5.94. The summed E-state index contributed by atoms with van der Waals surface area (Å²) in [7, 11) is 0. The molecule has 0 atom stereocenters. The summed E-state index contributed by atoms with van der Waals surface area (Å²) >= 11 is 0. The van der Waals surface area contributed by atoms with Crippen LogP contribution in [0.5, 0.6) is 0 Å². The third-order valence-electron chi connectivity index (χ3n) is 3.35. The van der Waals surface area contributed by atoms with Crippen molar-refractivity contribution in [2.45, 2.75) is 19.4 Å². The van der Waals surface area contributed by atoms with Gasteiger partial charge in [-0.1, -0.05) is 0 Å². The predicted molar refractivity (Wildman–Crippen MR) is 82.9 cm³/mol. The molecule has 8 nitrogen and oxygen atoms in total. The molecule has 0 aliphatic carbocycles. The topological polar surface area (TPSA) is 90.5 Å². The number of carbonyl (C=O) groups is 1. The van der Waals surface area contributed by atoms with Crippen molar-refractivity contribution in [3.8, 4) is 5.82 Å². The molecule has 23 heavy (non-hydrogen) atoms. The summed E-state index contributed by atoms with van der Waals surface area (Å²) in [5, 5.41) is 6.92. The molecule has 0 bridgehead atoms. The van der Waals surface area contributed by atoms with E-state index in [1.807, 2.05) is 10.8 Å². The summed E-state index contributed by atoms with van der Waals surface area (Å²) in [5.74, 6) is 0.451. The van der Waals surface area contributed by atoms with Gasteiger partial charge in [0.15, 0.2) is 5.82 Å². The van der Waals surface area contributed by atoms with Crippen LogP contribution in [0.2, 0.25) is 0 Å². The number of aromatic nitrogens is 6. The second kappa shape index (κ2) is 7.30. The summed E-state index contributed by atoms with van der Waals surface area (Å²) in [6.45, 7) is 1.54. The number of amides is 1.